The standard InChI is InChI=1S/C5H13N4/c1-2-3-4(6)9-5(7)8/h4H,1-3,6H2,(H4,7,8,9). The number of nitrogens with two attached hydrogens (primary N) is 2. The predicted molar refractivity (Wildman–Crippen MR) is 37.6 cm³/mol. The Morgan fingerprint density at radius 2 is 2.33 bits per heavy atom. The first-order valence-electron chi connectivity index (χ1n) is 2.82. The smallest absolute Gasteiger partial charge is 0.186 e. The summed E-state index contributed by atoms with van der Waals surface area (Å²) in [6.07, 6.45) is 1.26. The van der Waals surface area contributed by atoms with Crippen LogP contribution < -0.4 is 16.8 Å². The summed E-state index contributed by atoms with van der Waals surface area (Å²) in [4.78, 5) is 0. The van der Waals surface area contributed by atoms with Crippen molar-refractivity contribution in [2.24, 2.45) is 11.5 Å². The van der Waals surface area contributed by atoms with E-state index in [0.717, 1.165) is 12.8 Å². The van der Waals surface area contributed by atoms with Crippen LogP contribution in [-0.2, 0) is 0 Å². The van der Waals surface area contributed by atoms with E-state index in [2.05, 4.69) is 12.2 Å². The number of guanidine groups is 1. The van der Waals surface area contributed by atoms with E-state index in [-0.39, 0.29) is 12.1 Å². The molecule has 0 fully saturated rings. The van der Waals surface area contributed by atoms with Gasteiger partial charge >= 0.3 is 0 Å². The Kier molecular flexibility index (Phi) is 3.79. The molecule has 1 radical (unpaired) electrons. The first-order valence-corrected chi connectivity index (χ1v) is 2.82. The van der Waals surface area contributed by atoms with Crippen molar-refractivity contribution in [1.82, 2.24) is 5.32 Å². The largest absolute Gasteiger partial charge is 0.370 e. The second kappa shape index (κ2) is 4.14. The SMILES string of the molecule is [CH2]CCC(N)NC(=N)N. The molecule has 1 atom stereocenters. The molecule has 53 valence electrons. The predicted octanol–water partition coefficient (Wildman–Crippen LogP) is -0.631. The molecule has 0 bridgehead atoms. The Bertz CT molecular complexity index is 91.0. The van der Waals surface area contributed by atoms with E-state index in [1.807, 2.05) is 0 Å². The van der Waals surface area contributed by atoms with Gasteiger partial charge in [0.1, 0.15) is 0 Å². The third-order valence-corrected chi connectivity index (χ3v) is 0.856. The van der Waals surface area contributed by atoms with Crippen LogP contribution in [0, 0.1) is 12.3 Å². The molecule has 0 saturated carbocycles. The average Bonchev–Trinajstić information content (AvgIpc) is 1.63. The summed E-state index contributed by atoms with van der Waals surface area (Å²) >= 11 is 0. The highest BCUT2D eigenvalue weighted by atomic mass is 15.1. The molecule has 0 aromatic rings. The van der Waals surface area contributed by atoms with Crippen LogP contribution in [0.3, 0.4) is 0 Å². The summed E-state index contributed by atoms with van der Waals surface area (Å²) in [5.74, 6) is -0.0871. The van der Waals surface area contributed by atoms with Gasteiger partial charge in [-0.3, -0.25) is 5.41 Å². The van der Waals surface area contributed by atoms with Gasteiger partial charge in [-0.05, 0) is 6.42 Å². The molecular weight excluding hydrogens is 116 g/mol. The molecule has 0 aliphatic heterocycles. The Balaban J connectivity index is 3.26. The van der Waals surface area contributed by atoms with E-state index in [0.29, 0.717) is 0 Å². The lowest BCUT2D eigenvalue weighted by molar-refractivity contribution is 0.582. The summed E-state index contributed by atoms with van der Waals surface area (Å²) in [5, 5.41) is 9.31. The summed E-state index contributed by atoms with van der Waals surface area (Å²) in [7, 11) is 0. The zero-order valence-electron chi connectivity index (χ0n) is 5.35. The topological polar surface area (TPSA) is 87.9 Å². The van der Waals surface area contributed by atoms with Gasteiger partial charge in [0.25, 0.3) is 0 Å². The van der Waals surface area contributed by atoms with Gasteiger partial charge in [0.15, 0.2) is 5.96 Å². The van der Waals surface area contributed by atoms with Gasteiger partial charge in [0.05, 0.1) is 6.17 Å². The quantitative estimate of drug-likeness (QED) is 0.232. The van der Waals surface area contributed by atoms with Crippen LogP contribution in [0.25, 0.3) is 0 Å². The van der Waals surface area contributed by atoms with Gasteiger partial charge in [-0.15, -0.1) is 0 Å². The fourth-order valence-corrected chi connectivity index (χ4v) is 0.492. The van der Waals surface area contributed by atoms with Crippen LogP contribution in [0.4, 0.5) is 0 Å². The second-order valence-electron chi connectivity index (χ2n) is 1.81. The lowest BCUT2D eigenvalue weighted by Crippen LogP contribution is -2.44. The molecule has 0 aromatic carbocycles. The summed E-state index contributed by atoms with van der Waals surface area (Å²) in [6.45, 7) is 3.60. The van der Waals surface area contributed by atoms with Crippen molar-refractivity contribution in [1.29, 1.82) is 5.41 Å². The third-order valence-electron chi connectivity index (χ3n) is 0.856. The lowest BCUT2D eigenvalue weighted by Gasteiger charge is -2.10. The van der Waals surface area contributed by atoms with E-state index in [1.165, 1.54) is 0 Å². The number of nitrogens with one attached hydrogen (secondary N) is 2. The number of hydrogen-bond acceptors (Lipinski definition) is 2. The summed E-state index contributed by atoms with van der Waals surface area (Å²) < 4.78 is 0. The van der Waals surface area contributed by atoms with Gasteiger partial charge < -0.3 is 16.8 Å². The van der Waals surface area contributed by atoms with Crippen LogP contribution in [0.2, 0.25) is 0 Å². The van der Waals surface area contributed by atoms with E-state index < -0.39 is 0 Å². The first-order chi connectivity index (χ1) is 4.16. The van der Waals surface area contributed by atoms with Crippen molar-refractivity contribution < 1.29 is 0 Å². The Labute approximate surface area is 55.1 Å². The van der Waals surface area contributed by atoms with Gasteiger partial charge in [-0.1, -0.05) is 13.3 Å². The highest BCUT2D eigenvalue weighted by Crippen LogP contribution is 1.86. The zero-order chi connectivity index (χ0) is 7.28. The molecule has 0 saturated heterocycles. The van der Waals surface area contributed by atoms with Crippen molar-refractivity contribution in [3.63, 3.8) is 0 Å². The van der Waals surface area contributed by atoms with Crippen molar-refractivity contribution in [2.45, 2.75) is 19.0 Å². The summed E-state index contributed by atoms with van der Waals surface area (Å²) in [5.41, 5.74) is 10.4. The van der Waals surface area contributed by atoms with E-state index >= 15 is 0 Å². The normalized spacial score (nSPS) is 12.7. The van der Waals surface area contributed by atoms with Crippen LogP contribution in [0.15, 0.2) is 0 Å². The van der Waals surface area contributed by atoms with Crippen molar-refractivity contribution >= 4 is 5.96 Å². The molecule has 0 aliphatic carbocycles. The maximum Gasteiger partial charge on any atom is 0.186 e. The maximum atomic E-state index is 6.77. The number of hydrogen-bond donors (Lipinski definition) is 4. The Morgan fingerprint density at radius 1 is 1.78 bits per heavy atom. The molecule has 0 rings (SSSR count). The molecule has 1 unspecified atom stereocenters. The van der Waals surface area contributed by atoms with Crippen LogP contribution in [0.1, 0.15) is 12.8 Å². The Morgan fingerprint density at radius 3 is 2.67 bits per heavy atom. The zero-order valence-corrected chi connectivity index (χ0v) is 5.35. The minimum atomic E-state index is -0.222. The molecule has 4 nitrogen and oxygen atoms in total. The highest BCUT2D eigenvalue weighted by molar-refractivity contribution is 5.74. The molecule has 6 N–H and O–H groups in total. The fraction of sp³-hybridized carbons (Fsp3) is 0.600. The van der Waals surface area contributed by atoms with Crippen LogP contribution >= 0.6 is 0 Å². The van der Waals surface area contributed by atoms with Crippen molar-refractivity contribution in [2.75, 3.05) is 0 Å². The van der Waals surface area contributed by atoms with Crippen LogP contribution in [-0.4, -0.2) is 12.1 Å². The highest BCUT2D eigenvalue weighted by Gasteiger charge is 1.97. The molecule has 0 spiro atoms. The average molecular weight is 129 g/mol. The molecule has 0 amide bonds. The van der Waals surface area contributed by atoms with Crippen LogP contribution in [0.5, 0.6) is 0 Å². The van der Waals surface area contributed by atoms with E-state index in [9.17, 15) is 0 Å². The monoisotopic (exact) mass is 129 g/mol. The molecule has 0 heterocycles. The number of rotatable bonds is 3. The summed E-state index contributed by atoms with van der Waals surface area (Å²) in [6, 6.07) is 0. The van der Waals surface area contributed by atoms with Gasteiger partial charge in [0, 0.05) is 0 Å². The molecule has 4 heteroatoms. The van der Waals surface area contributed by atoms with Gasteiger partial charge in [-0.25, -0.2) is 0 Å². The Hall–Kier alpha value is -0.770. The molecule has 9 heavy (non-hydrogen) atoms. The minimum absolute atomic E-state index is 0.0871. The van der Waals surface area contributed by atoms with Gasteiger partial charge in [0.2, 0.25) is 0 Å². The minimum Gasteiger partial charge on any atom is -0.370 e. The molecule has 0 aliphatic rings. The maximum absolute atomic E-state index is 6.77. The van der Waals surface area contributed by atoms with Crippen molar-refractivity contribution in [3.05, 3.63) is 6.92 Å². The molecule has 0 aromatic heterocycles. The molecular formula is C5H13N4. The second-order valence-corrected chi connectivity index (χ2v) is 1.81. The van der Waals surface area contributed by atoms with Crippen molar-refractivity contribution in [3.8, 4) is 0 Å². The lowest BCUT2D eigenvalue weighted by atomic mass is 10.3. The third kappa shape index (κ3) is 5.10. The van der Waals surface area contributed by atoms with E-state index in [4.69, 9.17) is 16.9 Å². The fourth-order valence-electron chi connectivity index (χ4n) is 0.492. The van der Waals surface area contributed by atoms with E-state index in [1.54, 1.807) is 0 Å². The van der Waals surface area contributed by atoms with Gasteiger partial charge in [-0.2, -0.15) is 0 Å². The first kappa shape index (κ1) is 8.23.